The van der Waals surface area contributed by atoms with Gasteiger partial charge in [0.05, 0.1) is 0 Å². The van der Waals surface area contributed by atoms with Crippen LogP contribution >= 0.6 is 0 Å². The van der Waals surface area contributed by atoms with Gasteiger partial charge in [0, 0.05) is 6.04 Å². The maximum atomic E-state index is 8.81. The van der Waals surface area contributed by atoms with E-state index in [1.807, 2.05) is 27.7 Å². The molecule has 2 nitrogen and oxygen atoms in total. The van der Waals surface area contributed by atoms with Gasteiger partial charge in [-0.2, -0.15) is 0 Å². The summed E-state index contributed by atoms with van der Waals surface area (Å²) in [5.74, 6) is 0. The molecule has 1 fully saturated rings. The minimum atomic E-state index is 0.536. The topological polar surface area (TPSA) is 43.1 Å². The molecule has 0 unspecified atom stereocenters. The van der Waals surface area contributed by atoms with Gasteiger partial charge in [-0.05, 0) is 19.8 Å². The second kappa shape index (κ2) is 22.9. The Bertz CT molecular complexity index is 78.4. The summed E-state index contributed by atoms with van der Waals surface area (Å²) in [4.78, 5) is 8.81. The Balaban J connectivity index is -0.000000148. The van der Waals surface area contributed by atoms with E-state index in [4.69, 9.17) is 10.5 Å². The molecular formula is C12H29NO. The van der Waals surface area contributed by atoms with E-state index in [2.05, 4.69) is 0 Å². The summed E-state index contributed by atoms with van der Waals surface area (Å²) in [5.41, 5.74) is 5.63. The van der Waals surface area contributed by atoms with E-state index in [0.29, 0.717) is 6.04 Å². The zero-order valence-electron chi connectivity index (χ0n) is 10.7. The second-order valence-electron chi connectivity index (χ2n) is 2.63. The van der Waals surface area contributed by atoms with Crippen molar-refractivity contribution in [2.45, 2.75) is 72.8 Å². The average molecular weight is 203 g/mol. The number of hydrogen-bond donors (Lipinski definition) is 1. The molecule has 0 aromatic heterocycles. The predicted octanol–water partition coefficient (Wildman–Crippen LogP) is 3.54. The third-order valence-corrected chi connectivity index (χ3v) is 1.65. The van der Waals surface area contributed by atoms with Crippen LogP contribution in [0.3, 0.4) is 0 Å². The summed E-state index contributed by atoms with van der Waals surface area (Å²) in [6.07, 6.45) is 7.41. The van der Waals surface area contributed by atoms with E-state index in [1.54, 1.807) is 0 Å². The van der Waals surface area contributed by atoms with Crippen molar-refractivity contribution in [2.24, 2.45) is 5.73 Å². The summed E-state index contributed by atoms with van der Waals surface area (Å²) in [6.45, 7) is 9.44. The lowest BCUT2D eigenvalue weighted by atomic mass is 9.97. The Hall–Kier alpha value is -0.370. The Morgan fingerprint density at radius 3 is 1.43 bits per heavy atom. The van der Waals surface area contributed by atoms with Crippen molar-refractivity contribution in [1.82, 2.24) is 0 Å². The molecule has 0 radical (unpaired) electrons. The van der Waals surface area contributed by atoms with Crippen LogP contribution in [0.4, 0.5) is 0 Å². The van der Waals surface area contributed by atoms with Crippen LogP contribution in [0, 0.1) is 0 Å². The van der Waals surface area contributed by atoms with Gasteiger partial charge in [0.1, 0.15) is 6.29 Å². The average Bonchev–Trinajstić information content (AvgIpc) is 2.26. The molecular weight excluding hydrogens is 174 g/mol. The standard InChI is InChI=1S/C6H13N.C2H4O.2C2H6/c7-6-4-2-1-3-5-6;1-2-3;2*1-2/h6H,1-5,7H2;2H,1H3;2*1-2H3. The summed E-state index contributed by atoms with van der Waals surface area (Å²) in [5, 5.41) is 0. The summed E-state index contributed by atoms with van der Waals surface area (Å²) < 4.78 is 0. The number of rotatable bonds is 0. The molecule has 0 amide bonds. The first-order valence-electron chi connectivity index (χ1n) is 5.96. The summed E-state index contributed by atoms with van der Waals surface area (Å²) in [7, 11) is 0. The number of nitrogens with two attached hydrogens (primary N) is 1. The SMILES string of the molecule is CC.CC.CC=O.NC1CCCCC1. The van der Waals surface area contributed by atoms with E-state index in [1.165, 1.54) is 39.0 Å². The lowest BCUT2D eigenvalue weighted by Crippen LogP contribution is -2.22. The van der Waals surface area contributed by atoms with Gasteiger partial charge in [-0.25, -0.2) is 0 Å². The molecule has 0 saturated heterocycles. The van der Waals surface area contributed by atoms with Crippen molar-refractivity contribution < 1.29 is 4.79 Å². The summed E-state index contributed by atoms with van der Waals surface area (Å²) >= 11 is 0. The van der Waals surface area contributed by atoms with Crippen LogP contribution in [-0.4, -0.2) is 12.3 Å². The number of carbonyl (C=O) groups excluding carboxylic acids is 1. The summed E-state index contributed by atoms with van der Waals surface area (Å²) in [6, 6.07) is 0.536. The molecule has 88 valence electrons. The van der Waals surface area contributed by atoms with Crippen LogP contribution in [0.1, 0.15) is 66.7 Å². The zero-order valence-corrected chi connectivity index (χ0v) is 10.7. The normalized spacial score (nSPS) is 14.4. The van der Waals surface area contributed by atoms with Crippen LogP contribution in [0.25, 0.3) is 0 Å². The molecule has 0 bridgehead atoms. The van der Waals surface area contributed by atoms with Crippen LogP contribution < -0.4 is 5.73 Å². The molecule has 0 aromatic rings. The first-order valence-corrected chi connectivity index (χ1v) is 5.96. The number of carbonyl (C=O) groups is 1. The largest absolute Gasteiger partial charge is 0.328 e. The van der Waals surface area contributed by atoms with Crippen molar-refractivity contribution in [3.05, 3.63) is 0 Å². The van der Waals surface area contributed by atoms with E-state index in [0.717, 1.165) is 6.29 Å². The molecule has 0 spiro atoms. The van der Waals surface area contributed by atoms with E-state index >= 15 is 0 Å². The third kappa shape index (κ3) is 22.6. The van der Waals surface area contributed by atoms with Gasteiger partial charge >= 0.3 is 0 Å². The molecule has 2 heteroatoms. The lowest BCUT2D eigenvalue weighted by molar-refractivity contribution is -0.106. The first-order chi connectivity index (χ1) is 6.81. The van der Waals surface area contributed by atoms with Crippen molar-refractivity contribution in [3.8, 4) is 0 Å². The van der Waals surface area contributed by atoms with E-state index in [-0.39, 0.29) is 0 Å². The van der Waals surface area contributed by atoms with Crippen LogP contribution in [0.2, 0.25) is 0 Å². The van der Waals surface area contributed by atoms with Gasteiger partial charge in [-0.3, -0.25) is 0 Å². The van der Waals surface area contributed by atoms with Crippen LogP contribution in [0.15, 0.2) is 0 Å². The molecule has 0 atom stereocenters. The molecule has 0 aromatic carbocycles. The van der Waals surface area contributed by atoms with Crippen LogP contribution in [-0.2, 0) is 4.79 Å². The van der Waals surface area contributed by atoms with Gasteiger partial charge in [0.15, 0.2) is 0 Å². The van der Waals surface area contributed by atoms with Crippen LogP contribution in [0.5, 0.6) is 0 Å². The van der Waals surface area contributed by atoms with Gasteiger partial charge < -0.3 is 10.5 Å². The van der Waals surface area contributed by atoms with E-state index < -0.39 is 0 Å². The molecule has 0 aliphatic heterocycles. The highest BCUT2D eigenvalue weighted by Gasteiger charge is 2.06. The van der Waals surface area contributed by atoms with Crippen molar-refractivity contribution in [3.63, 3.8) is 0 Å². The first kappa shape index (κ1) is 19.2. The number of hydrogen-bond acceptors (Lipinski definition) is 2. The van der Waals surface area contributed by atoms with Gasteiger partial charge in [0.25, 0.3) is 0 Å². The minimum Gasteiger partial charge on any atom is -0.328 e. The Kier molecular flexibility index (Phi) is 31.5. The molecule has 14 heavy (non-hydrogen) atoms. The fraction of sp³-hybridized carbons (Fsp3) is 0.917. The fourth-order valence-corrected chi connectivity index (χ4v) is 1.13. The molecule has 1 saturated carbocycles. The highest BCUT2D eigenvalue weighted by atomic mass is 16.1. The van der Waals surface area contributed by atoms with E-state index in [9.17, 15) is 0 Å². The highest BCUT2D eigenvalue weighted by Crippen LogP contribution is 2.14. The lowest BCUT2D eigenvalue weighted by Gasteiger charge is -2.15. The maximum absolute atomic E-state index is 8.81. The van der Waals surface area contributed by atoms with Gasteiger partial charge in [0.2, 0.25) is 0 Å². The predicted molar refractivity (Wildman–Crippen MR) is 65.5 cm³/mol. The molecule has 1 aliphatic carbocycles. The molecule has 1 aliphatic rings. The maximum Gasteiger partial charge on any atom is 0.116 e. The minimum absolute atomic E-state index is 0.536. The zero-order chi connectivity index (χ0) is 11.8. The third-order valence-electron chi connectivity index (χ3n) is 1.65. The molecule has 0 heterocycles. The van der Waals surface area contributed by atoms with Gasteiger partial charge in [-0.1, -0.05) is 47.0 Å². The molecule has 2 N–H and O–H groups in total. The van der Waals surface area contributed by atoms with Crippen molar-refractivity contribution >= 4 is 6.29 Å². The smallest absolute Gasteiger partial charge is 0.116 e. The quantitative estimate of drug-likeness (QED) is 0.612. The fourth-order valence-electron chi connectivity index (χ4n) is 1.13. The number of aldehydes is 1. The second-order valence-corrected chi connectivity index (χ2v) is 2.63. The Morgan fingerprint density at radius 2 is 1.29 bits per heavy atom. The molecule has 1 rings (SSSR count). The van der Waals surface area contributed by atoms with Crippen molar-refractivity contribution in [2.75, 3.05) is 0 Å². The Labute approximate surface area is 90.3 Å². The highest BCUT2D eigenvalue weighted by molar-refractivity contribution is 5.44. The Morgan fingerprint density at radius 1 is 1.00 bits per heavy atom. The van der Waals surface area contributed by atoms with Gasteiger partial charge in [-0.15, -0.1) is 0 Å². The van der Waals surface area contributed by atoms with Crippen molar-refractivity contribution in [1.29, 1.82) is 0 Å². The monoisotopic (exact) mass is 203 g/mol.